The van der Waals surface area contributed by atoms with E-state index < -0.39 is 0 Å². The molecule has 0 N–H and O–H groups in total. The van der Waals surface area contributed by atoms with Crippen LogP contribution in [0.4, 0.5) is 5.13 Å². The molecule has 1 amide bonds. The molecule has 0 unspecified atom stereocenters. The van der Waals surface area contributed by atoms with Crippen LogP contribution in [0.5, 0.6) is 5.75 Å². The zero-order valence-electron chi connectivity index (χ0n) is 16.6. The summed E-state index contributed by atoms with van der Waals surface area (Å²) in [7, 11) is 4.00. The van der Waals surface area contributed by atoms with Gasteiger partial charge in [-0.05, 0) is 58.3 Å². The van der Waals surface area contributed by atoms with Gasteiger partial charge < -0.3 is 9.64 Å². The molecule has 0 aliphatic heterocycles. The predicted molar refractivity (Wildman–Crippen MR) is 119 cm³/mol. The minimum Gasteiger partial charge on any atom is -0.494 e. The van der Waals surface area contributed by atoms with Gasteiger partial charge in [-0.2, -0.15) is 0 Å². The van der Waals surface area contributed by atoms with Crippen molar-refractivity contribution in [1.29, 1.82) is 0 Å². The van der Waals surface area contributed by atoms with Crippen LogP contribution in [0.25, 0.3) is 10.2 Å². The van der Waals surface area contributed by atoms with E-state index in [2.05, 4.69) is 4.90 Å². The van der Waals surface area contributed by atoms with Gasteiger partial charge in [-0.1, -0.05) is 29.0 Å². The summed E-state index contributed by atoms with van der Waals surface area (Å²) in [4.78, 5) is 21.8. The number of carbonyl (C=O) groups is 1. The molecule has 0 atom stereocenters. The first kappa shape index (κ1) is 22.1. The summed E-state index contributed by atoms with van der Waals surface area (Å²) < 4.78 is 6.60. The SMILES string of the molecule is CCOc1ccc2nc(N(CCN(C)C)C(=O)c3cccc(C)c3)sc2c1.Cl. The molecule has 0 saturated heterocycles. The second-order valence-electron chi connectivity index (χ2n) is 6.69. The number of carbonyl (C=O) groups excluding carboxylic acids is 1. The number of thiazole rings is 1. The largest absolute Gasteiger partial charge is 0.494 e. The third-order valence-electron chi connectivity index (χ3n) is 4.17. The molecule has 150 valence electrons. The van der Waals surface area contributed by atoms with E-state index in [4.69, 9.17) is 9.72 Å². The Morgan fingerprint density at radius 1 is 1.14 bits per heavy atom. The first-order chi connectivity index (χ1) is 13.0. The van der Waals surface area contributed by atoms with Crippen molar-refractivity contribution < 1.29 is 9.53 Å². The van der Waals surface area contributed by atoms with Crippen LogP contribution in [0.2, 0.25) is 0 Å². The molecule has 0 spiro atoms. The Kier molecular flexibility index (Phi) is 7.80. The Bertz CT molecular complexity index is 942. The molecule has 28 heavy (non-hydrogen) atoms. The number of benzene rings is 2. The Hall–Kier alpha value is -2.15. The normalized spacial score (nSPS) is 10.8. The molecular formula is C21H26ClN3O2S. The topological polar surface area (TPSA) is 45.7 Å². The fourth-order valence-corrected chi connectivity index (χ4v) is 3.80. The summed E-state index contributed by atoms with van der Waals surface area (Å²) in [6.07, 6.45) is 0. The number of amides is 1. The van der Waals surface area contributed by atoms with E-state index in [-0.39, 0.29) is 18.3 Å². The van der Waals surface area contributed by atoms with Gasteiger partial charge in [0.25, 0.3) is 5.91 Å². The third kappa shape index (κ3) is 5.22. The highest BCUT2D eigenvalue weighted by Gasteiger charge is 2.21. The number of aromatic nitrogens is 1. The second kappa shape index (κ2) is 9.87. The van der Waals surface area contributed by atoms with Crippen LogP contribution in [0.15, 0.2) is 42.5 Å². The maximum atomic E-state index is 13.2. The van der Waals surface area contributed by atoms with Crippen molar-refractivity contribution >= 4 is 45.0 Å². The van der Waals surface area contributed by atoms with Gasteiger partial charge in [0.2, 0.25) is 0 Å². The molecule has 0 fully saturated rings. The van der Waals surface area contributed by atoms with Crippen molar-refractivity contribution in [3.05, 3.63) is 53.6 Å². The number of hydrogen-bond donors (Lipinski definition) is 0. The smallest absolute Gasteiger partial charge is 0.260 e. The monoisotopic (exact) mass is 419 g/mol. The van der Waals surface area contributed by atoms with Crippen LogP contribution in [-0.2, 0) is 0 Å². The maximum absolute atomic E-state index is 13.2. The molecule has 3 rings (SSSR count). The van der Waals surface area contributed by atoms with E-state index in [9.17, 15) is 4.79 Å². The summed E-state index contributed by atoms with van der Waals surface area (Å²) in [6, 6.07) is 13.5. The molecule has 3 aromatic rings. The summed E-state index contributed by atoms with van der Waals surface area (Å²) in [5, 5.41) is 0.715. The van der Waals surface area contributed by atoms with Crippen molar-refractivity contribution in [2.24, 2.45) is 0 Å². The van der Waals surface area contributed by atoms with Crippen LogP contribution >= 0.6 is 23.7 Å². The minimum absolute atomic E-state index is 0. The Labute approximate surface area is 176 Å². The van der Waals surface area contributed by atoms with Crippen LogP contribution < -0.4 is 9.64 Å². The third-order valence-corrected chi connectivity index (χ3v) is 5.21. The minimum atomic E-state index is -0.0235. The van der Waals surface area contributed by atoms with Gasteiger partial charge in [0.05, 0.1) is 16.8 Å². The first-order valence-electron chi connectivity index (χ1n) is 9.04. The van der Waals surface area contributed by atoms with Gasteiger partial charge >= 0.3 is 0 Å². The number of likely N-dealkylation sites (N-methyl/N-ethyl adjacent to an activating group) is 1. The quantitative estimate of drug-likeness (QED) is 0.560. The van der Waals surface area contributed by atoms with Gasteiger partial charge in [-0.3, -0.25) is 9.69 Å². The average Bonchev–Trinajstić information content (AvgIpc) is 3.04. The summed E-state index contributed by atoms with van der Waals surface area (Å²) in [5.74, 6) is 0.801. The molecule has 0 bridgehead atoms. The van der Waals surface area contributed by atoms with E-state index >= 15 is 0 Å². The molecule has 0 aliphatic rings. The van der Waals surface area contributed by atoms with Crippen molar-refractivity contribution in [2.45, 2.75) is 13.8 Å². The highest BCUT2D eigenvalue weighted by molar-refractivity contribution is 7.22. The number of hydrogen-bond acceptors (Lipinski definition) is 5. The number of ether oxygens (including phenoxy) is 1. The number of halogens is 1. The lowest BCUT2D eigenvalue weighted by atomic mass is 10.1. The number of nitrogens with zero attached hydrogens (tertiary/aromatic N) is 3. The zero-order valence-corrected chi connectivity index (χ0v) is 18.3. The highest BCUT2D eigenvalue weighted by atomic mass is 35.5. The van der Waals surface area contributed by atoms with E-state index in [1.165, 1.54) is 11.3 Å². The maximum Gasteiger partial charge on any atom is 0.260 e. The van der Waals surface area contributed by atoms with Gasteiger partial charge in [0.15, 0.2) is 5.13 Å². The van der Waals surface area contributed by atoms with Crippen molar-refractivity contribution in [3.63, 3.8) is 0 Å². The summed E-state index contributed by atoms with van der Waals surface area (Å²) in [6.45, 7) is 5.92. The van der Waals surface area contributed by atoms with Gasteiger partial charge in [0.1, 0.15) is 5.75 Å². The standard InChI is InChI=1S/C21H25N3O2S.ClH/c1-5-26-17-9-10-18-19(14-17)27-21(22-18)24(12-11-23(3)4)20(25)16-8-6-7-15(2)13-16;/h6-10,13-14H,5,11-12H2,1-4H3;1H. The zero-order chi connectivity index (χ0) is 19.4. The Morgan fingerprint density at radius 3 is 2.61 bits per heavy atom. The van der Waals surface area contributed by atoms with Crippen LogP contribution in [0, 0.1) is 6.92 Å². The van der Waals surface area contributed by atoms with Crippen molar-refractivity contribution in [2.75, 3.05) is 38.7 Å². The van der Waals surface area contributed by atoms with E-state index in [0.717, 1.165) is 28.1 Å². The Balaban J connectivity index is 0.00000280. The lowest BCUT2D eigenvalue weighted by Gasteiger charge is -2.22. The van der Waals surface area contributed by atoms with E-state index in [1.807, 2.05) is 70.4 Å². The van der Waals surface area contributed by atoms with Crippen LogP contribution in [-0.4, -0.2) is 49.6 Å². The number of rotatable bonds is 7. The van der Waals surface area contributed by atoms with E-state index in [1.54, 1.807) is 4.90 Å². The van der Waals surface area contributed by atoms with Crippen LogP contribution in [0.1, 0.15) is 22.8 Å². The summed E-state index contributed by atoms with van der Waals surface area (Å²) >= 11 is 1.52. The Morgan fingerprint density at radius 2 is 1.93 bits per heavy atom. The fourth-order valence-electron chi connectivity index (χ4n) is 2.78. The molecule has 0 radical (unpaired) electrons. The van der Waals surface area contributed by atoms with E-state index in [0.29, 0.717) is 23.8 Å². The molecule has 5 nitrogen and oxygen atoms in total. The lowest BCUT2D eigenvalue weighted by molar-refractivity contribution is 0.0985. The number of anilines is 1. The molecule has 7 heteroatoms. The van der Waals surface area contributed by atoms with Gasteiger partial charge in [-0.25, -0.2) is 4.98 Å². The molecule has 1 heterocycles. The summed E-state index contributed by atoms with van der Waals surface area (Å²) in [5.41, 5.74) is 2.63. The molecule has 1 aromatic heterocycles. The van der Waals surface area contributed by atoms with Crippen molar-refractivity contribution in [1.82, 2.24) is 9.88 Å². The fraction of sp³-hybridized carbons (Fsp3) is 0.333. The lowest BCUT2D eigenvalue weighted by Crippen LogP contribution is -2.36. The van der Waals surface area contributed by atoms with Gasteiger partial charge in [0, 0.05) is 18.7 Å². The molecule has 2 aromatic carbocycles. The molecule has 0 saturated carbocycles. The molecule has 0 aliphatic carbocycles. The number of fused-ring (bicyclic) bond motifs is 1. The molecular weight excluding hydrogens is 394 g/mol. The van der Waals surface area contributed by atoms with Crippen LogP contribution in [0.3, 0.4) is 0 Å². The van der Waals surface area contributed by atoms with Crippen molar-refractivity contribution in [3.8, 4) is 5.75 Å². The highest BCUT2D eigenvalue weighted by Crippen LogP contribution is 2.32. The second-order valence-corrected chi connectivity index (χ2v) is 7.70. The first-order valence-corrected chi connectivity index (χ1v) is 9.86. The predicted octanol–water partition coefficient (Wildman–Crippen LogP) is 4.63. The number of aryl methyl sites for hydroxylation is 1. The average molecular weight is 420 g/mol. The van der Waals surface area contributed by atoms with Gasteiger partial charge in [-0.15, -0.1) is 12.4 Å².